The van der Waals surface area contributed by atoms with Gasteiger partial charge in [0.2, 0.25) is 0 Å². The maximum absolute atomic E-state index is 13.7. The molecule has 1 aliphatic heterocycles. The number of urea groups is 1. The lowest BCUT2D eigenvalue weighted by Crippen LogP contribution is -2.57. The summed E-state index contributed by atoms with van der Waals surface area (Å²) < 4.78 is 12.5. The second-order valence-electron chi connectivity index (χ2n) is 9.10. The molecule has 200 valence electrons. The molecule has 0 bridgehead atoms. The Kier molecular flexibility index (Phi) is 7.97. The summed E-state index contributed by atoms with van der Waals surface area (Å²) in [4.78, 5) is 42.8. The van der Waals surface area contributed by atoms with E-state index in [1.54, 1.807) is 72.8 Å². The minimum atomic E-state index is -0.739. The number of nitrogens with zero attached hydrogens (tertiary/aromatic N) is 2. The summed E-state index contributed by atoms with van der Waals surface area (Å²) in [6.45, 7) is 2.38. The van der Waals surface area contributed by atoms with E-state index in [-0.39, 0.29) is 5.57 Å². The topological polar surface area (TPSA) is 76.2 Å². The van der Waals surface area contributed by atoms with Crippen LogP contribution in [0.3, 0.4) is 0 Å². The highest BCUT2D eigenvalue weighted by molar-refractivity contribution is 14.1. The van der Waals surface area contributed by atoms with Crippen LogP contribution in [0.5, 0.6) is 11.5 Å². The van der Waals surface area contributed by atoms with Crippen molar-refractivity contribution in [3.8, 4) is 11.5 Å². The molecule has 8 heteroatoms. The molecule has 0 saturated carbocycles. The number of rotatable bonds is 7. The van der Waals surface area contributed by atoms with Crippen molar-refractivity contribution in [3.05, 3.63) is 123 Å². The fraction of sp³-hybridized carbons (Fsp3) is 0.0938. The van der Waals surface area contributed by atoms with Crippen molar-refractivity contribution in [2.75, 3.05) is 16.9 Å². The Hall–Kier alpha value is -4.44. The van der Waals surface area contributed by atoms with Crippen molar-refractivity contribution >= 4 is 57.9 Å². The summed E-state index contributed by atoms with van der Waals surface area (Å²) in [7, 11) is 1.53. The standard InChI is InChI=1S/C32H25IN2O5/c1-21-10-9-11-22(16-21)20-40-29-27(33)18-23(19-28(29)39-2)17-26-30(36)34(24-12-5-3-6-13-24)32(38)35(31(26)37)25-14-7-4-8-15-25/h3-19H,20H2,1-2H3. The van der Waals surface area contributed by atoms with Crippen molar-refractivity contribution in [1.82, 2.24) is 0 Å². The van der Waals surface area contributed by atoms with Gasteiger partial charge < -0.3 is 9.47 Å². The molecule has 0 atom stereocenters. The van der Waals surface area contributed by atoms with Gasteiger partial charge in [-0.05, 0) is 83.1 Å². The van der Waals surface area contributed by atoms with E-state index in [1.165, 1.54) is 13.2 Å². The van der Waals surface area contributed by atoms with Gasteiger partial charge in [0.05, 0.1) is 22.1 Å². The molecule has 0 radical (unpaired) electrons. The zero-order valence-corrected chi connectivity index (χ0v) is 24.0. The first-order chi connectivity index (χ1) is 19.4. The average molecular weight is 644 g/mol. The Morgan fingerprint density at radius 2 is 1.38 bits per heavy atom. The molecule has 0 unspecified atom stereocenters. The third-order valence-electron chi connectivity index (χ3n) is 6.31. The molecular weight excluding hydrogens is 619 g/mol. The number of aryl methyl sites for hydroxylation is 1. The van der Waals surface area contributed by atoms with Crippen LogP contribution in [0.25, 0.3) is 6.08 Å². The SMILES string of the molecule is COc1cc(C=C2C(=O)N(c3ccccc3)C(=O)N(c3ccccc3)C2=O)cc(I)c1OCc1cccc(C)c1. The third-order valence-corrected chi connectivity index (χ3v) is 7.11. The molecule has 1 saturated heterocycles. The lowest BCUT2D eigenvalue weighted by molar-refractivity contribution is -0.121. The number of carbonyl (C=O) groups excluding carboxylic acids is 3. The zero-order valence-electron chi connectivity index (χ0n) is 21.8. The number of benzene rings is 4. The summed E-state index contributed by atoms with van der Waals surface area (Å²) >= 11 is 2.14. The normalized spacial score (nSPS) is 13.5. The minimum absolute atomic E-state index is 0.154. The van der Waals surface area contributed by atoms with Crippen molar-refractivity contribution in [2.24, 2.45) is 0 Å². The van der Waals surface area contributed by atoms with Gasteiger partial charge in [-0.2, -0.15) is 0 Å². The molecule has 1 heterocycles. The molecule has 0 N–H and O–H groups in total. The quantitative estimate of drug-likeness (QED) is 0.126. The van der Waals surface area contributed by atoms with Crippen LogP contribution < -0.4 is 19.3 Å². The van der Waals surface area contributed by atoms with Gasteiger partial charge in [0, 0.05) is 0 Å². The molecular formula is C32H25IN2O5. The van der Waals surface area contributed by atoms with E-state index in [2.05, 4.69) is 28.7 Å². The van der Waals surface area contributed by atoms with Crippen LogP contribution >= 0.6 is 22.6 Å². The Balaban J connectivity index is 1.54. The van der Waals surface area contributed by atoms with E-state index in [0.717, 1.165) is 24.5 Å². The highest BCUT2D eigenvalue weighted by Gasteiger charge is 2.43. The average Bonchev–Trinajstić information content (AvgIpc) is 2.96. The van der Waals surface area contributed by atoms with Gasteiger partial charge in [0.15, 0.2) is 11.5 Å². The first kappa shape index (κ1) is 27.1. The van der Waals surface area contributed by atoms with Crippen LogP contribution in [0.1, 0.15) is 16.7 Å². The summed E-state index contributed by atoms with van der Waals surface area (Å²) in [5.74, 6) is -0.401. The molecule has 0 aromatic heterocycles. The van der Waals surface area contributed by atoms with Gasteiger partial charge >= 0.3 is 6.03 Å². The van der Waals surface area contributed by atoms with E-state index >= 15 is 0 Å². The van der Waals surface area contributed by atoms with Crippen LogP contribution in [-0.4, -0.2) is 25.0 Å². The predicted molar refractivity (Wildman–Crippen MR) is 162 cm³/mol. The van der Waals surface area contributed by atoms with Crippen LogP contribution in [0, 0.1) is 10.5 Å². The van der Waals surface area contributed by atoms with Crippen LogP contribution in [-0.2, 0) is 16.2 Å². The first-order valence-corrected chi connectivity index (χ1v) is 13.6. The van der Waals surface area contributed by atoms with Crippen LogP contribution in [0.2, 0.25) is 0 Å². The highest BCUT2D eigenvalue weighted by atomic mass is 127. The molecule has 4 aromatic carbocycles. The second-order valence-corrected chi connectivity index (χ2v) is 10.3. The van der Waals surface area contributed by atoms with Gasteiger partial charge in [-0.25, -0.2) is 14.6 Å². The van der Waals surface area contributed by atoms with Crippen LogP contribution in [0.4, 0.5) is 16.2 Å². The van der Waals surface area contributed by atoms with Crippen molar-refractivity contribution < 1.29 is 23.9 Å². The van der Waals surface area contributed by atoms with E-state index in [0.29, 0.717) is 35.0 Å². The summed E-state index contributed by atoms with van der Waals surface area (Å²) in [6, 6.07) is 27.9. The molecule has 1 fully saturated rings. The molecule has 5 rings (SSSR count). The molecule has 7 nitrogen and oxygen atoms in total. The van der Waals surface area contributed by atoms with Gasteiger partial charge in [-0.3, -0.25) is 9.59 Å². The number of amides is 4. The van der Waals surface area contributed by atoms with E-state index < -0.39 is 17.8 Å². The van der Waals surface area contributed by atoms with Gasteiger partial charge in [0.1, 0.15) is 12.2 Å². The lowest BCUT2D eigenvalue weighted by Gasteiger charge is -2.34. The van der Waals surface area contributed by atoms with Crippen molar-refractivity contribution in [1.29, 1.82) is 0 Å². The van der Waals surface area contributed by atoms with E-state index in [1.807, 2.05) is 25.1 Å². The Bertz CT molecular complexity index is 1560. The fourth-order valence-electron chi connectivity index (χ4n) is 4.43. The molecule has 4 aromatic rings. The summed E-state index contributed by atoms with van der Waals surface area (Å²) in [5, 5.41) is 0. The van der Waals surface area contributed by atoms with E-state index in [9.17, 15) is 14.4 Å². The van der Waals surface area contributed by atoms with Crippen molar-refractivity contribution in [3.63, 3.8) is 0 Å². The van der Waals surface area contributed by atoms with Crippen molar-refractivity contribution in [2.45, 2.75) is 13.5 Å². The fourth-order valence-corrected chi connectivity index (χ4v) is 5.21. The third kappa shape index (κ3) is 5.48. The number of halogens is 1. The molecule has 0 spiro atoms. The number of anilines is 2. The molecule has 0 aliphatic carbocycles. The zero-order chi connectivity index (χ0) is 28.2. The monoisotopic (exact) mass is 644 g/mol. The number of hydrogen-bond donors (Lipinski definition) is 0. The number of para-hydroxylation sites is 2. The maximum Gasteiger partial charge on any atom is 0.343 e. The van der Waals surface area contributed by atoms with Gasteiger partial charge in [0.25, 0.3) is 11.8 Å². The smallest absolute Gasteiger partial charge is 0.343 e. The Labute approximate surface area is 245 Å². The summed E-state index contributed by atoms with van der Waals surface area (Å²) in [6.07, 6.45) is 1.48. The van der Waals surface area contributed by atoms with Gasteiger partial charge in [-0.15, -0.1) is 0 Å². The number of hydrogen-bond acceptors (Lipinski definition) is 5. The van der Waals surface area contributed by atoms with Crippen LogP contribution in [0.15, 0.2) is 103 Å². The number of carbonyl (C=O) groups is 3. The minimum Gasteiger partial charge on any atom is -0.493 e. The van der Waals surface area contributed by atoms with Gasteiger partial charge in [-0.1, -0.05) is 66.2 Å². The number of methoxy groups -OCH3 is 1. The molecule has 40 heavy (non-hydrogen) atoms. The molecule has 1 aliphatic rings. The highest BCUT2D eigenvalue weighted by Crippen LogP contribution is 2.36. The Morgan fingerprint density at radius 3 is 1.93 bits per heavy atom. The maximum atomic E-state index is 13.7. The number of imide groups is 2. The predicted octanol–water partition coefficient (Wildman–Crippen LogP) is 6.77. The lowest BCUT2D eigenvalue weighted by atomic mass is 10.0. The summed E-state index contributed by atoms with van der Waals surface area (Å²) in [5.41, 5.74) is 3.29. The largest absolute Gasteiger partial charge is 0.493 e. The number of ether oxygens (including phenoxy) is 2. The van der Waals surface area contributed by atoms with E-state index in [4.69, 9.17) is 9.47 Å². The molecule has 4 amide bonds. The Morgan fingerprint density at radius 1 is 0.775 bits per heavy atom. The second kappa shape index (κ2) is 11.7. The first-order valence-electron chi connectivity index (χ1n) is 12.5. The number of barbiturate groups is 1.